The van der Waals surface area contributed by atoms with Crippen molar-refractivity contribution in [1.82, 2.24) is 4.57 Å². The Bertz CT molecular complexity index is 1050. The number of hydrogen-bond donors (Lipinski definition) is 0. The summed E-state index contributed by atoms with van der Waals surface area (Å²) in [7, 11) is 1.61. The molecule has 0 unspecified atom stereocenters. The molecule has 1 aromatic carbocycles. The molecule has 3 rings (SSSR count). The average molecular weight is 377 g/mol. The molecule has 0 aliphatic rings. The molecule has 2 heterocycles. The van der Waals surface area contributed by atoms with Gasteiger partial charge in [0.15, 0.2) is 4.80 Å². The summed E-state index contributed by atoms with van der Waals surface area (Å²) in [5.74, 6) is 0.239. The van der Waals surface area contributed by atoms with E-state index in [-0.39, 0.29) is 9.88 Å². The number of hydrogen-bond acceptors (Lipinski definition) is 6. The molecule has 0 aliphatic carbocycles. The van der Waals surface area contributed by atoms with E-state index in [0.29, 0.717) is 11.3 Å². The monoisotopic (exact) mass is 377 g/mol. The van der Waals surface area contributed by atoms with E-state index in [1.54, 1.807) is 7.11 Å². The minimum absolute atomic E-state index is 0.0734. The summed E-state index contributed by atoms with van der Waals surface area (Å²) in [6.07, 6.45) is 0. The Hall–Kier alpha value is -2.52. The maximum absolute atomic E-state index is 12.4. The average Bonchev–Trinajstić information content (AvgIpc) is 3.20. The van der Waals surface area contributed by atoms with Crippen molar-refractivity contribution in [2.24, 2.45) is 4.99 Å². The molecule has 3 aromatic rings. The molecule has 130 valence electrons. The van der Waals surface area contributed by atoms with E-state index in [9.17, 15) is 14.9 Å². The van der Waals surface area contributed by atoms with Crippen LogP contribution in [-0.2, 0) is 6.54 Å². The van der Waals surface area contributed by atoms with E-state index in [1.165, 1.54) is 23.5 Å². The van der Waals surface area contributed by atoms with Gasteiger partial charge in [-0.25, -0.2) is 0 Å². The van der Waals surface area contributed by atoms with Gasteiger partial charge in [0.2, 0.25) is 0 Å². The Morgan fingerprint density at radius 1 is 1.32 bits per heavy atom. The number of aryl methyl sites for hydroxylation is 2. The second-order valence-corrected chi connectivity index (χ2v) is 7.24. The molecule has 0 saturated heterocycles. The molecule has 0 aliphatic heterocycles. The zero-order chi connectivity index (χ0) is 18.1. The SMILES string of the molecule is CCn1c(=NC(=O)c2ccc([N+](=O)[O-])s2)sc2c(C)ccc(OC)c21. The first-order valence-electron chi connectivity index (χ1n) is 7.46. The number of rotatable bonds is 4. The number of methoxy groups -OCH3 is 1. The number of nitro groups is 1. The van der Waals surface area contributed by atoms with Crippen LogP contribution in [-0.4, -0.2) is 22.5 Å². The number of ether oxygens (including phenoxy) is 1. The predicted octanol–water partition coefficient (Wildman–Crippen LogP) is 3.75. The minimum atomic E-state index is -0.513. The van der Waals surface area contributed by atoms with Crippen LogP contribution in [0.1, 0.15) is 22.2 Å². The van der Waals surface area contributed by atoms with Crippen molar-refractivity contribution in [2.45, 2.75) is 20.4 Å². The molecular formula is C16H15N3O4S2. The van der Waals surface area contributed by atoms with Gasteiger partial charge in [-0.05, 0) is 31.5 Å². The van der Waals surface area contributed by atoms with Crippen molar-refractivity contribution >= 4 is 43.8 Å². The number of nitrogens with zero attached hydrogens (tertiary/aromatic N) is 3. The summed E-state index contributed by atoms with van der Waals surface area (Å²) in [5, 5.41) is 10.7. The molecule has 0 atom stereocenters. The van der Waals surface area contributed by atoms with Crippen LogP contribution in [0.2, 0.25) is 0 Å². The third-order valence-electron chi connectivity index (χ3n) is 3.70. The van der Waals surface area contributed by atoms with Crippen molar-refractivity contribution < 1.29 is 14.5 Å². The number of benzene rings is 1. The molecule has 1 amide bonds. The molecule has 0 N–H and O–H groups in total. The number of amides is 1. The van der Waals surface area contributed by atoms with Crippen LogP contribution < -0.4 is 9.54 Å². The third kappa shape index (κ3) is 3.08. The zero-order valence-corrected chi connectivity index (χ0v) is 15.4. The second-order valence-electron chi connectivity index (χ2n) is 5.20. The third-order valence-corrected chi connectivity index (χ3v) is 5.94. The summed E-state index contributed by atoms with van der Waals surface area (Å²) in [6, 6.07) is 6.61. The van der Waals surface area contributed by atoms with Gasteiger partial charge >= 0.3 is 5.00 Å². The zero-order valence-electron chi connectivity index (χ0n) is 13.8. The van der Waals surface area contributed by atoms with Gasteiger partial charge in [0.25, 0.3) is 5.91 Å². The highest BCUT2D eigenvalue weighted by Crippen LogP contribution is 2.30. The van der Waals surface area contributed by atoms with Gasteiger partial charge in [-0.3, -0.25) is 14.9 Å². The maximum atomic E-state index is 12.4. The molecule has 0 bridgehead atoms. The number of aromatic nitrogens is 1. The van der Waals surface area contributed by atoms with Gasteiger partial charge in [-0.2, -0.15) is 4.99 Å². The summed E-state index contributed by atoms with van der Waals surface area (Å²) in [4.78, 5) is 27.7. The van der Waals surface area contributed by atoms with Gasteiger partial charge < -0.3 is 9.30 Å². The standard InChI is InChI=1S/C16H15N3O4S2/c1-4-18-13-10(23-3)6-5-9(2)14(13)25-16(18)17-15(20)11-7-8-12(24-11)19(21)22/h5-8H,4H2,1-3H3. The topological polar surface area (TPSA) is 86.7 Å². The van der Waals surface area contributed by atoms with Crippen molar-refractivity contribution in [3.63, 3.8) is 0 Å². The lowest BCUT2D eigenvalue weighted by molar-refractivity contribution is -0.380. The first kappa shape index (κ1) is 17.3. The van der Waals surface area contributed by atoms with Gasteiger partial charge in [0, 0.05) is 12.6 Å². The lowest BCUT2D eigenvalue weighted by atomic mass is 10.2. The smallest absolute Gasteiger partial charge is 0.324 e. The number of carbonyl (C=O) groups excluding carboxylic acids is 1. The Morgan fingerprint density at radius 2 is 2.08 bits per heavy atom. The molecule has 0 radical (unpaired) electrons. The fraction of sp³-hybridized carbons (Fsp3) is 0.250. The molecule has 2 aromatic heterocycles. The van der Waals surface area contributed by atoms with E-state index in [1.807, 2.05) is 30.5 Å². The summed E-state index contributed by atoms with van der Waals surface area (Å²) < 4.78 is 8.37. The lowest BCUT2D eigenvalue weighted by Gasteiger charge is -2.07. The van der Waals surface area contributed by atoms with Crippen LogP contribution >= 0.6 is 22.7 Å². The summed E-state index contributed by atoms with van der Waals surface area (Å²) >= 11 is 2.23. The largest absolute Gasteiger partial charge is 0.495 e. The quantitative estimate of drug-likeness (QED) is 0.512. The molecule has 0 fully saturated rings. The number of thiophene rings is 1. The molecular weight excluding hydrogens is 362 g/mol. The van der Waals surface area contributed by atoms with Crippen LogP contribution in [0.15, 0.2) is 29.3 Å². The van der Waals surface area contributed by atoms with Crippen molar-refractivity contribution in [2.75, 3.05) is 7.11 Å². The van der Waals surface area contributed by atoms with E-state index < -0.39 is 10.8 Å². The number of thiazole rings is 1. The minimum Gasteiger partial charge on any atom is -0.495 e. The van der Waals surface area contributed by atoms with E-state index >= 15 is 0 Å². The van der Waals surface area contributed by atoms with Crippen LogP contribution in [0.3, 0.4) is 0 Å². The normalized spacial score (nSPS) is 11.9. The first-order chi connectivity index (χ1) is 12.0. The maximum Gasteiger partial charge on any atom is 0.324 e. The Balaban J connectivity index is 2.17. The number of fused-ring (bicyclic) bond motifs is 1. The second kappa shape index (κ2) is 6.77. The molecule has 7 nitrogen and oxygen atoms in total. The van der Waals surface area contributed by atoms with Crippen molar-refractivity contribution in [3.8, 4) is 5.75 Å². The highest BCUT2D eigenvalue weighted by atomic mass is 32.1. The highest BCUT2D eigenvalue weighted by Gasteiger charge is 2.17. The molecule has 25 heavy (non-hydrogen) atoms. The fourth-order valence-electron chi connectivity index (χ4n) is 2.50. The summed E-state index contributed by atoms with van der Waals surface area (Å²) in [5.41, 5.74) is 1.97. The summed E-state index contributed by atoms with van der Waals surface area (Å²) in [6.45, 7) is 4.58. The van der Waals surface area contributed by atoms with Gasteiger partial charge in [-0.15, -0.1) is 0 Å². The van der Waals surface area contributed by atoms with E-state index in [4.69, 9.17) is 4.74 Å². The molecule has 0 spiro atoms. The molecule has 0 saturated carbocycles. The fourth-order valence-corrected chi connectivity index (χ4v) is 4.39. The molecule has 9 heteroatoms. The number of carbonyl (C=O) groups is 1. The van der Waals surface area contributed by atoms with Crippen LogP contribution in [0.25, 0.3) is 10.2 Å². The Morgan fingerprint density at radius 3 is 2.68 bits per heavy atom. The first-order valence-corrected chi connectivity index (χ1v) is 9.09. The van der Waals surface area contributed by atoms with Crippen LogP contribution in [0.5, 0.6) is 5.75 Å². The van der Waals surface area contributed by atoms with Gasteiger partial charge in [0.1, 0.15) is 16.1 Å². The lowest BCUT2D eigenvalue weighted by Crippen LogP contribution is -2.15. The Kier molecular flexibility index (Phi) is 4.69. The predicted molar refractivity (Wildman–Crippen MR) is 97.6 cm³/mol. The van der Waals surface area contributed by atoms with Crippen molar-refractivity contribution in [3.05, 3.63) is 49.6 Å². The van der Waals surface area contributed by atoms with Crippen LogP contribution in [0.4, 0.5) is 5.00 Å². The highest BCUT2D eigenvalue weighted by molar-refractivity contribution is 7.17. The van der Waals surface area contributed by atoms with Crippen molar-refractivity contribution in [1.29, 1.82) is 0 Å². The van der Waals surface area contributed by atoms with E-state index in [2.05, 4.69) is 4.99 Å². The van der Waals surface area contributed by atoms with Gasteiger partial charge in [0.05, 0.1) is 16.7 Å². The van der Waals surface area contributed by atoms with E-state index in [0.717, 1.165) is 32.9 Å². The van der Waals surface area contributed by atoms with Gasteiger partial charge in [-0.1, -0.05) is 28.7 Å². The van der Waals surface area contributed by atoms with Crippen LogP contribution in [0, 0.1) is 17.0 Å². The Labute approximate surface area is 151 Å².